The Kier molecular flexibility index (Phi) is 14.6. The highest BCUT2D eigenvalue weighted by Gasteiger charge is 2.56. The summed E-state index contributed by atoms with van der Waals surface area (Å²) < 4.78 is 110. The summed E-state index contributed by atoms with van der Waals surface area (Å²) in [7, 11) is -24.1. The second kappa shape index (κ2) is 19.9. The lowest BCUT2D eigenvalue weighted by Crippen LogP contribution is -2.36. The molecule has 4 aliphatic rings. The van der Waals surface area contributed by atoms with E-state index in [4.69, 9.17) is 37.5 Å². The third-order valence-corrected chi connectivity index (χ3v) is 15.8. The summed E-state index contributed by atoms with van der Waals surface area (Å²) in [6, 6.07) is 19.9. The topological polar surface area (TPSA) is 360 Å². The Morgan fingerprint density at radius 3 is 1.24 bits per heavy atom. The number of phosphoric acid groups is 4. The van der Waals surface area contributed by atoms with Gasteiger partial charge in [0.25, 0.3) is 11.1 Å². The fourth-order valence-corrected chi connectivity index (χ4v) is 12.1. The van der Waals surface area contributed by atoms with Crippen molar-refractivity contribution in [2.24, 2.45) is 0 Å². The van der Waals surface area contributed by atoms with Crippen LogP contribution in [0.25, 0.3) is 12.2 Å². The van der Waals surface area contributed by atoms with Crippen molar-refractivity contribution in [1.82, 2.24) is 19.1 Å². The molecule has 0 amide bonds. The van der Waals surface area contributed by atoms with Gasteiger partial charge < -0.3 is 48.0 Å². The Labute approximate surface area is 375 Å². The number of aromatic nitrogens is 4. The summed E-state index contributed by atoms with van der Waals surface area (Å²) in [6.45, 7) is -1.98. The minimum absolute atomic E-state index is 0.727. The molecule has 2 aromatic carbocycles. The molecular formula is C36H38N4O23P4. The lowest BCUT2D eigenvalue weighted by molar-refractivity contribution is -0.134. The normalized spacial score (nSPS) is 30.7. The third-order valence-electron chi connectivity index (χ3n) is 9.90. The van der Waals surface area contributed by atoms with Crippen molar-refractivity contribution in [2.75, 3.05) is 13.2 Å². The predicted octanol–water partition coefficient (Wildman–Crippen LogP) is 2.01. The van der Waals surface area contributed by atoms with Gasteiger partial charge in [-0.2, -0.15) is 12.9 Å². The number of H-pyrrole nitrogens is 2. The number of nitrogens with one attached hydrogen (secondary N) is 2. The van der Waals surface area contributed by atoms with Crippen LogP contribution in [0.3, 0.4) is 0 Å². The first kappa shape index (κ1) is 49.0. The molecule has 4 saturated heterocycles. The van der Waals surface area contributed by atoms with E-state index in [1.807, 2.05) is 0 Å². The maximum Gasteiger partial charge on any atom is 0.490 e. The Balaban J connectivity index is 0.883. The van der Waals surface area contributed by atoms with Crippen molar-refractivity contribution < 1.29 is 88.2 Å². The molecule has 6 heterocycles. The molecule has 0 bridgehead atoms. The Morgan fingerprint density at radius 1 is 0.507 bits per heavy atom. The van der Waals surface area contributed by atoms with Gasteiger partial charge in [-0.15, -0.1) is 0 Å². The number of phosphoric ester groups is 2. The minimum Gasteiger partial charge on any atom is -0.346 e. The Bertz CT molecular complexity index is 2730. The van der Waals surface area contributed by atoms with E-state index in [1.165, 1.54) is 12.2 Å². The lowest BCUT2D eigenvalue weighted by Gasteiger charge is -2.23. The van der Waals surface area contributed by atoms with Crippen molar-refractivity contribution in [3.05, 3.63) is 150 Å². The largest absolute Gasteiger partial charge is 0.490 e. The number of aromatic amines is 2. The Morgan fingerprint density at radius 2 is 0.866 bits per heavy atom. The van der Waals surface area contributed by atoms with Gasteiger partial charge in [0, 0.05) is 24.5 Å². The quantitative estimate of drug-likeness (QED) is 0.0776. The molecular weight excluding hydrogens is 980 g/mol. The Hall–Kier alpha value is -4.40. The number of nitrogens with zero attached hydrogens (tertiary/aromatic N) is 2. The number of rotatable bonds is 18. The van der Waals surface area contributed by atoms with Gasteiger partial charge in [-0.1, -0.05) is 72.8 Å². The first-order valence-corrected chi connectivity index (χ1v) is 25.5. The lowest BCUT2D eigenvalue weighted by atomic mass is 10.1. The van der Waals surface area contributed by atoms with E-state index < -0.39 is 129 Å². The zero-order valence-corrected chi connectivity index (χ0v) is 37.4. The van der Waals surface area contributed by atoms with Crippen LogP contribution in [0, 0.1) is 0 Å². The van der Waals surface area contributed by atoms with Crippen LogP contribution in [0.5, 0.6) is 0 Å². The molecule has 0 spiro atoms. The average Bonchev–Trinajstić information content (AvgIpc) is 4.02. The zero-order valence-electron chi connectivity index (χ0n) is 33.8. The fourth-order valence-electron chi connectivity index (χ4n) is 7.18. The summed E-state index contributed by atoms with van der Waals surface area (Å²) in [6.07, 6.45) is -3.49. The molecule has 31 heteroatoms. The second-order valence-electron chi connectivity index (χ2n) is 14.6. The van der Waals surface area contributed by atoms with Crippen molar-refractivity contribution in [1.29, 1.82) is 0 Å². The maximum absolute atomic E-state index is 12.9. The van der Waals surface area contributed by atoms with Crippen LogP contribution in [0.4, 0.5) is 0 Å². The standard InChI is InChI=1S/C36H38N4O23P4/c41-25-15-17-39(35(43)37-25)33-31-29(57-27(59-31)13-11-21-7-3-1-4-8-21)23(55-33)19-53-64(45,46)61-66(49,50)63-67(51,52)62-65(47,48)54-20-24-30-32(34(56-24)40-18-16-26(42)38-36(40)44)60-28(58-30)14-12-22-9-5-2-6-10-22/h1-18,23-24,27-34H,19-20H2,(H,45,46)(H,47,48)(H,49,50)(H,51,52)(H,37,41,43)(H,38,42,44)/b13-11+,14-12+/t23-,24-,27?,28?,29-,30-,31-,32-,33-,34-/m1/s1. The number of hydrogen-bond donors (Lipinski definition) is 6. The molecule has 8 rings (SSSR count). The van der Waals surface area contributed by atoms with Crippen molar-refractivity contribution in [2.45, 2.75) is 61.7 Å². The van der Waals surface area contributed by atoms with Crippen molar-refractivity contribution in [3.63, 3.8) is 0 Å². The molecule has 67 heavy (non-hydrogen) atoms. The summed E-state index contributed by atoms with van der Waals surface area (Å²) in [5, 5.41) is 0. The van der Waals surface area contributed by atoms with E-state index in [9.17, 15) is 57.0 Å². The third kappa shape index (κ3) is 12.3. The smallest absolute Gasteiger partial charge is 0.346 e. The first-order valence-electron chi connectivity index (χ1n) is 19.5. The number of fused-ring (bicyclic) bond motifs is 2. The summed E-state index contributed by atoms with van der Waals surface area (Å²) in [5.74, 6) is 0. The highest BCUT2D eigenvalue weighted by Crippen LogP contribution is 2.71. The van der Waals surface area contributed by atoms with Crippen LogP contribution in [-0.4, -0.2) is 101 Å². The fraction of sp³-hybridized carbons (Fsp3) is 0.333. The highest BCUT2D eigenvalue weighted by molar-refractivity contribution is 7.69. The molecule has 14 atom stereocenters. The molecule has 4 aliphatic heterocycles. The molecule has 4 fully saturated rings. The highest BCUT2D eigenvalue weighted by atomic mass is 31.3. The first-order chi connectivity index (χ1) is 31.7. The van der Waals surface area contributed by atoms with Gasteiger partial charge in [-0.3, -0.25) is 37.7 Å². The molecule has 0 radical (unpaired) electrons. The van der Waals surface area contributed by atoms with E-state index in [1.54, 1.807) is 72.8 Å². The maximum atomic E-state index is 12.9. The summed E-state index contributed by atoms with van der Waals surface area (Å²) in [5.41, 5.74) is -1.75. The van der Waals surface area contributed by atoms with Gasteiger partial charge in [0.1, 0.15) is 36.6 Å². The van der Waals surface area contributed by atoms with Gasteiger partial charge in [-0.05, 0) is 23.3 Å². The molecule has 2 aromatic heterocycles. The van der Waals surface area contributed by atoms with Gasteiger partial charge in [0.05, 0.1) is 13.2 Å². The van der Waals surface area contributed by atoms with Crippen LogP contribution in [0.1, 0.15) is 23.6 Å². The van der Waals surface area contributed by atoms with E-state index in [0.29, 0.717) is 0 Å². The number of hydrogen-bond acceptors (Lipinski definition) is 19. The van der Waals surface area contributed by atoms with E-state index in [2.05, 4.69) is 22.9 Å². The SMILES string of the molecule is O=c1ccn([C@@H]2O[C@H](COP(=O)(O)OP(=O)(O)OP(=O)(O)OP(=O)(O)OC[C@H]3O[C@@H](n4ccc(=O)[nH]c4=O)[C@@H]4OC(/C=C/c5ccccc5)O[C@@H]43)[C@H]3OC(/C=C/c4ccccc4)O[C@H]32)c(=O)[nH]1. The van der Waals surface area contributed by atoms with Gasteiger partial charge >= 0.3 is 42.7 Å². The van der Waals surface area contributed by atoms with Crippen LogP contribution in [-0.2, 0) is 68.7 Å². The van der Waals surface area contributed by atoms with Crippen LogP contribution < -0.4 is 22.5 Å². The predicted molar refractivity (Wildman–Crippen MR) is 223 cm³/mol. The van der Waals surface area contributed by atoms with Gasteiger partial charge in [0.2, 0.25) is 0 Å². The monoisotopic (exact) mass is 1020 g/mol. The van der Waals surface area contributed by atoms with E-state index in [0.717, 1.165) is 44.8 Å². The average molecular weight is 1020 g/mol. The zero-order chi connectivity index (χ0) is 47.7. The molecule has 6 N–H and O–H groups in total. The van der Waals surface area contributed by atoms with Crippen LogP contribution in [0.2, 0.25) is 0 Å². The van der Waals surface area contributed by atoms with Gasteiger partial charge in [0.15, 0.2) is 25.0 Å². The summed E-state index contributed by atoms with van der Waals surface area (Å²) in [4.78, 5) is 94.0. The molecule has 6 unspecified atom stereocenters. The number of benzene rings is 2. The van der Waals surface area contributed by atoms with Crippen molar-refractivity contribution >= 4 is 43.4 Å². The molecule has 0 aliphatic carbocycles. The molecule has 27 nitrogen and oxygen atoms in total. The second-order valence-corrected chi connectivity index (χ2v) is 20.8. The molecule has 0 saturated carbocycles. The number of ether oxygens (including phenoxy) is 6. The van der Waals surface area contributed by atoms with E-state index >= 15 is 0 Å². The summed E-state index contributed by atoms with van der Waals surface area (Å²) >= 11 is 0. The molecule has 360 valence electrons. The van der Waals surface area contributed by atoms with Crippen molar-refractivity contribution in [3.8, 4) is 0 Å². The minimum atomic E-state index is -6.24. The van der Waals surface area contributed by atoms with Gasteiger partial charge in [-0.25, -0.2) is 27.8 Å². The van der Waals surface area contributed by atoms with Crippen LogP contribution in [0.15, 0.2) is 117 Å². The van der Waals surface area contributed by atoms with E-state index in [-0.39, 0.29) is 0 Å². The van der Waals surface area contributed by atoms with Crippen LogP contribution >= 0.6 is 31.3 Å². The molecule has 4 aromatic rings.